The molecule has 0 aromatic heterocycles. The summed E-state index contributed by atoms with van der Waals surface area (Å²) in [5, 5.41) is 3.80. The summed E-state index contributed by atoms with van der Waals surface area (Å²) in [5.41, 5.74) is 1.85. The van der Waals surface area contributed by atoms with Crippen LogP contribution in [0.5, 0.6) is 5.75 Å². The first kappa shape index (κ1) is 16.4. The second-order valence-electron chi connectivity index (χ2n) is 7.57. The van der Waals surface area contributed by atoms with Gasteiger partial charge in [-0.25, -0.2) is 0 Å². The van der Waals surface area contributed by atoms with Crippen LogP contribution in [-0.4, -0.2) is 12.1 Å². The zero-order valence-corrected chi connectivity index (χ0v) is 14.3. The number of benzene rings is 1. The van der Waals surface area contributed by atoms with E-state index in [0.717, 1.165) is 5.75 Å². The summed E-state index contributed by atoms with van der Waals surface area (Å²) < 4.78 is 5.79. The maximum absolute atomic E-state index is 5.79. The predicted molar refractivity (Wildman–Crippen MR) is 89.8 cm³/mol. The minimum atomic E-state index is 0.226. The van der Waals surface area contributed by atoms with E-state index in [0.29, 0.717) is 17.5 Å². The third-order valence-corrected chi connectivity index (χ3v) is 4.55. The lowest BCUT2D eigenvalue weighted by atomic mass is 9.75. The van der Waals surface area contributed by atoms with Crippen molar-refractivity contribution in [1.82, 2.24) is 5.32 Å². The summed E-state index contributed by atoms with van der Waals surface area (Å²) in [4.78, 5) is 0. The van der Waals surface area contributed by atoms with Crippen molar-refractivity contribution in [1.29, 1.82) is 0 Å². The molecule has 0 amide bonds. The molecule has 1 saturated carbocycles. The summed E-state index contributed by atoms with van der Waals surface area (Å²) in [5.74, 6) is 0.973. The van der Waals surface area contributed by atoms with Crippen LogP contribution in [0.3, 0.4) is 0 Å². The molecule has 0 bridgehead atoms. The van der Waals surface area contributed by atoms with Gasteiger partial charge in [0.1, 0.15) is 5.75 Å². The summed E-state index contributed by atoms with van der Waals surface area (Å²) in [6.07, 6.45) is 5.46. The zero-order chi connectivity index (χ0) is 15.5. The lowest BCUT2D eigenvalue weighted by Gasteiger charge is -2.36. The second kappa shape index (κ2) is 6.83. The van der Waals surface area contributed by atoms with Crippen molar-refractivity contribution in [2.45, 2.75) is 78.5 Å². The first-order valence-electron chi connectivity index (χ1n) is 8.38. The largest absolute Gasteiger partial charge is 0.491 e. The van der Waals surface area contributed by atoms with E-state index >= 15 is 0 Å². The van der Waals surface area contributed by atoms with Crippen LogP contribution in [0.15, 0.2) is 24.3 Å². The number of ether oxygens (including phenoxy) is 1. The van der Waals surface area contributed by atoms with E-state index in [9.17, 15) is 0 Å². The Labute approximate surface area is 130 Å². The van der Waals surface area contributed by atoms with Crippen LogP contribution in [0.2, 0.25) is 0 Å². The van der Waals surface area contributed by atoms with Crippen molar-refractivity contribution >= 4 is 0 Å². The molecule has 0 heterocycles. The molecule has 1 atom stereocenters. The highest BCUT2D eigenvalue weighted by Crippen LogP contribution is 2.35. The zero-order valence-electron chi connectivity index (χ0n) is 14.3. The molecule has 1 aliphatic rings. The average Bonchev–Trinajstić information content (AvgIpc) is 2.41. The van der Waals surface area contributed by atoms with Gasteiger partial charge in [-0.2, -0.15) is 0 Å². The van der Waals surface area contributed by atoms with Crippen molar-refractivity contribution < 1.29 is 4.74 Å². The van der Waals surface area contributed by atoms with E-state index in [1.807, 2.05) is 6.07 Å². The quantitative estimate of drug-likeness (QED) is 0.815. The highest BCUT2D eigenvalue weighted by atomic mass is 16.5. The molecule has 1 aliphatic carbocycles. The van der Waals surface area contributed by atoms with Gasteiger partial charge in [0.15, 0.2) is 0 Å². The summed E-state index contributed by atoms with van der Waals surface area (Å²) in [6.45, 7) is 11.2. The van der Waals surface area contributed by atoms with Crippen LogP contribution < -0.4 is 10.1 Å². The molecule has 118 valence electrons. The predicted octanol–water partition coefficient (Wildman–Crippen LogP) is 5.09. The molecular formula is C19H31NO. The highest BCUT2D eigenvalue weighted by molar-refractivity contribution is 5.30. The number of rotatable bonds is 5. The van der Waals surface area contributed by atoms with Gasteiger partial charge in [-0.15, -0.1) is 0 Å². The smallest absolute Gasteiger partial charge is 0.120 e. The Morgan fingerprint density at radius 1 is 1.14 bits per heavy atom. The lowest BCUT2D eigenvalue weighted by Crippen LogP contribution is -2.37. The van der Waals surface area contributed by atoms with E-state index in [2.05, 4.69) is 58.1 Å². The maximum Gasteiger partial charge on any atom is 0.120 e. The first-order chi connectivity index (χ1) is 9.85. The molecule has 1 unspecified atom stereocenters. The normalized spacial score (nSPS) is 20.5. The van der Waals surface area contributed by atoms with Crippen molar-refractivity contribution in [2.24, 2.45) is 5.41 Å². The molecule has 1 N–H and O–H groups in total. The summed E-state index contributed by atoms with van der Waals surface area (Å²) >= 11 is 0. The summed E-state index contributed by atoms with van der Waals surface area (Å²) in [7, 11) is 0. The molecule has 0 spiro atoms. The van der Waals surface area contributed by atoms with Crippen LogP contribution in [0.25, 0.3) is 0 Å². The summed E-state index contributed by atoms with van der Waals surface area (Å²) in [6, 6.07) is 9.53. The Morgan fingerprint density at radius 3 is 2.43 bits per heavy atom. The van der Waals surface area contributed by atoms with Gasteiger partial charge in [0, 0.05) is 12.1 Å². The Bertz CT molecular complexity index is 443. The topological polar surface area (TPSA) is 21.3 Å². The molecule has 0 radical (unpaired) electrons. The second-order valence-corrected chi connectivity index (χ2v) is 7.57. The fourth-order valence-corrected chi connectivity index (χ4v) is 3.15. The Hall–Kier alpha value is -1.02. The van der Waals surface area contributed by atoms with Crippen molar-refractivity contribution in [3.8, 4) is 5.75 Å². The number of nitrogens with one attached hydrogen (secondary N) is 1. The van der Waals surface area contributed by atoms with Crippen molar-refractivity contribution in [2.75, 3.05) is 0 Å². The van der Waals surface area contributed by atoms with Crippen molar-refractivity contribution in [3.05, 3.63) is 29.8 Å². The average molecular weight is 289 g/mol. The molecule has 1 fully saturated rings. The van der Waals surface area contributed by atoms with Gasteiger partial charge in [0.25, 0.3) is 0 Å². The Balaban J connectivity index is 1.92. The molecular weight excluding hydrogens is 258 g/mol. The standard InChI is InChI=1S/C19H31NO/c1-14(2)21-18-8-6-7-16(13-18)15(3)20-17-9-11-19(4,5)12-10-17/h6-8,13-15,17,20H,9-12H2,1-5H3. The number of hydrogen-bond acceptors (Lipinski definition) is 2. The molecule has 1 aromatic carbocycles. The number of hydrogen-bond donors (Lipinski definition) is 1. The van der Waals surface area contributed by atoms with E-state index < -0.39 is 0 Å². The van der Waals surface area contributed by atoms with Gasteiger partial charge in [0.2, 0.25) is 0 Å². The molecule has 2 rings (SSSR count). The van der Waals surface area contributed by atoms with Gasteiger partial charge < -0.3 is 10.1 Å². The van der Waals surface area contributed by atoms with Crippen LogP contribution in [0, 0.1) is 5.41 Å². The maximum atomic E-state index is 5.79. The molecule has 1 aromatic rings. The van der Waals surface area contributed by atoms with E-state index in [1.54, 1.807) is 0 Å². The fraction of sp³-hybridized carbons (Fsp3) is 0.684. The monoisotopic (exact) mass is 289 g/mol. The fourth-order valence-electron chi connectivity index (χ4n) is 3.15. The molecule has 2 heteroatoms. The Kier molecular flexibility index (Phi) is 5.32. The highest BCUT2D eigenvalue weighted by Gasteiger charge is 2.27. The van der Waals surface area contributed by atoms with Crippen LogP contribution in [-0.2, 0) is 0 Å². The van der Waals surface area contributed by atoms with E-state index in [4.69, 9.17) is 4.74 Å². The van der Waals surface area contributed by atoms with Gasteiger partial charge in [-0.1, -0.05) is 26.0 Å². The third-order valence-electron chi connectivity index (χ3n) is 4.55. The van der Waals surface area contributed by atoms with Crippen LogP contribution >= 0.6 is 0 Å². The molecule has 21 heavy (non-hydrogen) atoms. The molecule has 2 nitrogen and oxygen atoms in total. The Morgan fingerprint density at radius 2 is 1.81 bits per heavy atom. The minimum Gasteiger partial charge on any atom is -0.491 e. The van der Waals surface area contributed by atoms with Gasteiger partial charge in [-0.05, 0) is 69.6 Å². The first-order valence-corrected chi connectivity index (χ1v) is 8.38. The van der Waals surface area contributed by atoms with E-state index in [1.165, 1.54) is 31.2 Å². The van der Waals surface area contributed by atoms with Crippen LogP contribution in [0.1, 0.15) is 71.9 Å². The van der Waals surface area contributed by atoms with Crippen molar-refractivity contribution in [3.63, 3.8) is 0 Å². The van der Waals surface area contributed by atoms with Gasteiger partial charge in [-0.3, -0.25) is 0 Å². The lowest BCUT2D eigenvalue weighted by molar-refractivity contribution is 0.199. The van der Waals surface area contributed by atoms with E-state index in [-0.39, 0.29) is 6.10 Å². The third kappa shape index (κ3) is 5.03. The van der Waals surface area contributed by atoms with Gasteiger partial charge in [0.05, 0.1) is 6.10 Å². The molecule has 0 saturated heterocycles. The SMILES string of the molecule is CC(C)Oc1cccc(C(C)NC2CCC(C)(C)CC2)c1. The van der Waals surface area contributed by atoms with Crippen LogP contribution in [0.4, 0.5) is 0 Å². The minimum absolute atomic E-state index is 0.226. The molecule has 0 aliphatic heterocycles. The van der Waals surface area contributed by atoms with Gasteiger partial charge >= 0.3 is 0 Å².